The number of aliphatic imine (C=N–C) groups is 1. The zero-order valence-corrected chi connectivity index (χ0v) is 24.6. The summed E-state index contributed by atoms with van der Waals surface area (Å²) < 4.78 is 11.4. The number of nitrogens with one attached hydrogen (secondary N) is 1. The molecule has 220 valence electrons. The topological polar surface area (TPSA) is 96.4 Å². The molecule has 0 bridgehead atoms. The van der Waals surface area contributed by atoms with Crippen LogP contribution in [0.4, 0.5) is 5.69 Å². The predicted octanol–water partition coefficient (Wildman–Crippen LogP) is 4.64. The summed E-state index contributed by atoms with van der Waals surface area (Å²) in [5.41, 5.74) is 2.52. The summed E-state index contributed by atoms with van der Waals surface area (Å²) in [6, 6.07) is 9.36. The molecule has 1 aliphatic carbocycles. The number of anilines is 1. The van der Waals surface area contributed by atoms with Crippen molar-refractivity contribution in [2.24, 2.45) is 10.9 Å². The van der Waals surface area contributed by atoms with E-state index in [2.05, 4.69) is 25.1 Å². The predicted molar refractivity (Wildman–Crippen MR) is 160 cm³/mol. The highest BCUT2D eigenvalue weighted by molar-refractivity contribution is 6.12. The molecule has 3 heterocycles. The molecule has 41 heavy (non-hydrogen) atoms. The number of aromatic nitrogens is 1. The van der Waals surface area contributed by atoms with Gasteiger partial charge in [-0.1, -0.05) is 12.5 Å². The number of likely N-dealkylation sites (tertiary alicyclic amines) is 1. The van der Waals surface area contributed by atoms with Crippen molar-refractivity contribution in [1.29, 1.82) is 0 Å². The summed E-state index contributed by atoms with van der Waals surface area (Å²) in [4.78, 5) is 39.9. The van der Waals surface area contributed by atoms with Crippen LogP contribution in [0.25, 0.3) is 0 Å². The number of hydrogen-bond donors (Lipinski definition) is 1. The van der Waals surface area contributed by atoms with E-state index in [1.807, 2.05) is 32.2 Å². The molecular formula is C32H43N5O4. The van der Waals surface area contributed by atoms with Gasteiger partial charge < -0.3 is 19.7 Å². The second kappa shape index (κ2) is 13.5. The molecular weight excluding hydrogens is 518 g/mol. The van der Waals surface area contributed by atoms with Crippen molar-refractivity contribution in [2.75, 3.05) is 38.3 Å². The number of rotatable bonds is 9. The molecule has 2 fully saturated rings. The van der Waals surface area contributed by atoms with Gasteiger partial charge in [0.25, 0.3) is 5.91 Å². The van der Waals surface area contributed by atoms with Gasteiger partial charge in [-0.3, -0.25) is 14.5 Å². The van der Waals surface area contributed by atoms with E-state index >= 15 is 0 Å². The van der Waals surface area contributed by atoms with Gasteiger partial charge in [-0.15, -0.1) is 0 Å². The fraction of sp³-hybridized carbons (Fsp3) is 0.562. The molecule has 9 heteroatoms. The molecule has 0 spiro atoms. The van der Waals surface area contributed by atoms with Crippen LogP contribution in [0.3, 0.4) is 0 Å². The minimum Gasteiger partial charge on any atom is -0.497 e. The van der Waals surface area contributed by atoms with E-state index in [4.69, 9.17) is 9.47 Å². The maximum absolute atomic E-state index is 13.3. The monoisotopic (exact) mass is 561 g/mol. The summed E-state index contributed by atoms with van der Waals surface area (Å²) >= 11 is 0. The lowest BCUT2D eigenvalue weighted by Gasteiger charge is -2.36. The van der Waals surface area contributed by atoms with Gasteiger partial charge in [0.15, 0.2) is 0 Å². The molecule has 2 amide bonds. The third-order valence-electron chi connectivity index (χ3n) is 8.34. The average Bonchev–Trinajstić information content (AvgIpc) is 3.34. The maximum atomic E-state index is 13.3. The number of fused-ring (bicyclic) bond motifs is 1. The van der Waals surface area contributed by atoms with Crippen LogP contribution in [-0.4, -0.2) is 73.0 Å². The van der Waals surface area contributed by atoms with Crippen molar-refractivity contribution in [3.8, 4) is 11.6 Å². The highest BCUT2D eigenvalue weighted by Gasteiger charge is 2.36. The first-order valence-electron chi connectivity index (χ1n) is 15.1. The Morgan fingerprint density at radius 3 is 2.61 bits per heavy atom. The fourth-order valence-electron chi connectivity index (χ4n) is 6.19. The zero-order chi connectivity index (χ0) is 28.8. The third kappa shape index (κ3) is 7.25. The van der Waals surface area contributed by atoms with Crippen LogP contribution in [-0.2, 0) is 11.2 Å². The van der Waals surface area contributed by atoms with E-state index in [0.29, 0.717) is 30.2 Å². The minimum absolute atomic E-state index is 0.0145. The Labute approximate surface area is 243 Å². The molecule has 0 radical (unpaired) electrons. The first kappa shape index (κ1) is 29.0. The highest BCUT2D eigenvalue weighted by Crippen LogP contribution is 2.38. The van der Waals surface area contributed by atoms with Crippen LogP contribution >= 0.6 is 0 Å². The molecule has 9 nitrogen and oxygen atoms in total. The number of methoxy groups -OCH3 is 1. The Kier molecular flexibility index (Phi) is 9.54. The second-order valence-electron chi connectivity index (χ2n) is 11.7. The third-order valence-corrected chi connectivity index (χ3v) is 8.34. The number of pyridine rings is 1. The second-order valence-corrected chi connectivity index (χ2v) is 11.7. The summed E-state index contributed by atoms with van der Waals surface area (Å²) in [5.74, 6) is 1.78. The van der Waals surface area contributed by atoms with Crippen molar-refractivity contribution in [1.82, 2.24) is 15.2 Å². The van der Waals surface area contributed by atoms with Gasteiger partial charge in [0.1, 0.15) is 18.2 Å². The van der Waals surface area contributed by atoms with Crippen LogP contribution in [0.5, 0.6) is 11.6 Å². The summed E-state index contributed by atoms with van der Waals surface area (Å²) in [5, 5.41) is 3.07. The molecule has 1 aromatic heterocycles. The maximum Gasteiger partial charge on any atom is 0.278 e. The van der Waals surface area contributed by atoms with Crippen molar-refractivity contribution >= 4 is 23.3 Å². The quantitative estimate of drug-likeness (QED) is 0.477. The number of amidine groups is 1. The van der Waals surface area contributed by atoms with Gasteiger partial charge in [-0.25, -0.2) is 4.98 Å². The number of amides is 2. The Hall–Kier alpha value is -3.46. The van der Waals surface area contributed by atoms with Crippen LogP contribution in [0, 0.1) is 5.92 Å². The standard InChI is InChI=1S/C32H43N5O4/c1-22(2)34-31(38)23-10-12-26(13-11-23)37-28-20-30(41-17-16-36-14-5-4-6-15-36)33-21-25(28)19-29(37)35-32(39)24-8-7-9-27(18-24)40-3/h7-9,18,20-23,26H,4-6,10-17,19H2,1-3H3,(H,34,38). The lowest BCUT2D eigenvalue weighted by atomic mass is 9.84. The van der Waals surface area contributed by atoms with E-state index in [1.165, 1.54) is 19.3 Å². The fourth-order valence-corrected chi connectivity index (χ4v) is 6.19. The van der Waals surface area contributed by atoms with E-state index in [9.17, 15) is 9.59 Å². The van der Waals surface area contributed by atoms with Crippen molar-refractivity contribution < 1.29 is 19.1 Å². The Balaban J connectivity index is 1.35. The highest BCUT2D eigenvalue weighted by atomic mass is 16.5. The van der Waals surface area contributed by atoms with Crippen LogP contribution in [0.2, 0.25) is 0 Å². The van der Waals surface area contributed by atoms with Crippen LogP contribution in [0.15, 0.2) is 41.5 Å². The van der Waals surface area contributed by atoms with E-state index in [1.54, 1.807) is 25.3 Å². The Bertz CT molecular complexity index is 1250. The Morgan fingerprint density at radius 1 is 1.10 bits per heavy atom. The molecule has 5 rings (SSSR count). The van der Waals surface area contributed by atoms with Gasteiger partial charge in [0.05, 0.1) is 12.8 Å². The van der Waals surface area contributed by atoms with Crippen molar-refractivity contribution in [3.63, 3.8) is 0 Å². The molecule has 0 atom stereocenters. The number of carbonyl (C=O) groups excluding carboxylic acids is 2. The summed E-state index contributed by atoms with van der Waals surface area (Å²) in [6.07, 6.45) is 9.50. The van der Waals surface area contributed by atoms with Crippen molar-refractivity contribution in [3.05, 3.63) is 47.7 Å². The van der Waals surface area contributed by atoms with E-state index in [0.717, 1.165) is 62.4 Å². The summed E-state index contributed by atoms with van der Waals surface area (Å²) in [6.45, 7) is 7.74. The lowest BCUT2D eigenvalue weighted by Crippen LogP contribution is -2.44. The number of benzene rings is 1. The molecule has 1 saturated carbocycles. The lowest BCUT2D eigenvalue weighted by molar-refractivity contribution is -0.126. The number of hydrogen-bond acceptors (Lipinski definition) is 6. The molecule has 1 aromatic carbocycles. The van der Waals surface area contributed by atoms with E-state index in [-0.39, 0.29) is 29.8 Å². The normalized spacial score (nSPS) is 22.0. The first-order valence-corrected chi connectivity index (χ1v) is 15.1. The molecule has 3 aliphatic rings. The number of ether oxygens (including phenoxy) is 2. The first-order chi connectivity index (χ1) is 19.9. The number of piperidine rings is 1. The average molecular weight is 562 g/mol. The van der Waals surface area contributed by atoms with Gasteiger partial charge >= 0.3 is 0 Å². The van der Waals surface area contributed by atoms with Gasteiger partial charge in [0, 0.05) is 54.4 Å². The van der Waals surface area contributed by atoms with Gasteiger partial charge in [-0.05, 0) is 83.7 Å². The minimum atomic E-state index is -0.298. The van der Waals surface area contributed by atoms with Crippen molar-refractivity contribution in [2.45, 2.75) is 77.3 Å². The van der Waals surface area contributed by atoms with E-state index < -0.39 is 0 Å². The Morgan fingerprint density at radius 2 is 1.88 bits per heavy atom. The van der Waals surface area contributed by atoms with Crippen LogP contribution < -0.4 is 19.7 Å². The number of nitrogens with zero attached hydrogens (tertiary/aromatic N) is 4. The molecule has 2 aliphatic heterocycles. The largest absolute Gasteiger partial charge is 0.497 e. The smallest absolute Gasteiger partial charge is 0.278 e. The SMILES string of the molecule is COc1cccc(C(=O)N=C2Cc3cnc(OCCN4CCCCC4)cc3N2C2CCC(C(=O)NC(C)C)CC2)c1. The molecule has 1 N–H and O–H groups in total. The summed E-state index contributed by atoms with van der Waals surface area (Å²) in [7, 11) is 1.59. The zero-order valence-electron chi connectivity index (χ0n) is 24.6. The molecule has 0 unspecified atom stereocenters. The molecule has 2 aromatic rings. The van der Waals surface area contributed by atoms with Gasteiger partial charge in [0.2, 0.25) is 11.8 Å². The number of carbonyl (C=O) groups is 2. The van der Waals surface area contributed by atoms with Gasteiger partial charge in [-0.2, -0.15) is 4.99 Å². The van der Waals surface area contributed by atoms with Crippen LogP contribution in [0.1, 0.15) is 74.7 Å². The molecule has 1 saturated heterocycles.